The van der Waals surface area contributed by atoms with Crippen LogP contribution in [0.4, 0.5) is 11.5 Å². The molecule has 1 unspecified atom stereocenters. The molecular weight excluding hydrogens is 326 g/mol. The second-order valence-electron chi connectivity index (χ2n) is 7.22. The molecule has 2 aromatic rings. The molecule has 2 aliphatic rings. The Morgan fingerprint density at radius 2 is 2.00 bits per heavy atom. The summed E-state index contributed by atoms with van der Waals surface area (Å²) in [5.41, 5.74) is 3.75. The maximum atomic E-state index is 12.8. The van der Waals surface area contributed by atoms with E-state index < -0.39 is 0 Å². The monoisotopic (exact) mass is 351 g/mol. The molecule has 4 rings (SSSR count). The number of fused-ring (bicyclic) bond motifs is 1. The fraction of sp³-hybridized carbons (Fsp3) is 0.450. The number of piperazine rings is 1. The lowest BCUT2D eigenvalue weighted by molar-refractivity contribution is -0.117. The van der Waals surface area contributed by atoms with Crippen LogP contribution < -0.4 is 10.2 Å². The molecule has 1 saturated heterocycles. The molecule has 0 bridgehead atoms. The van der Waals surface area contributed by atoms with Crippen LogP contribution >= 0.6 is 0 Å². The Balaban J connectivity index is 1.46. The summed E-state index contributed by atoms with van der Waals surface area (Å²) in [6.45, 7) is 6.02. The number of amides is 1. The summed E-state index contributed by atoms with van der Waals surface area (Å²) in [6, 6.07) is 7.98. The van der Waals surface area contributed by atoms with Crippen molar-refractivity contribution >= 4 is 17.4 Å². The van der Waals surface area contributed by atoms with Crippen molar-refractivity contribution in [3.05, 3.63) is 47.4 Å². The smallest absolute Gasteiger partial charge is 0.233 e. The van der Waals surface area contributed by atoms with Gasteiger partial charge in [0.15, 0.2) is 0 Å². The average Bonchev–Trinajstić information content (AvgIpc) is 3.08. The summed E-state index contributed by atoms with van der Waals surface area (Å²) >= 11 is 0. The van der Waals surface area contributed by atoms with E-state index in [-0.39, 0.29) is 11.8 Å². The van der Waals surface area contributed by atoms with Gasteiger partial charge < -0.3 is 15.1 Å². The molecule has 1 aliphatic carbocycles. The lowest BCUT2D eigenvalue weighted by atomic mass is 10.1. The zero-order valence-corrected chi connectivity index (χ0v) is 15.4. The maximum absolute atomic E-state index is 12.8. The minimum absolute atomic E-state index is 0.0136. The van der Waals surface area contributed by atoms with Gasteiger partial charge in [0.2, 0.25) is 5.91 Å². The molecule has 2 aromatic heterocycles. The highest BCUT2D eigenvalue weighted by Crippen LogP contribution is 2.32. The normalized spacial score (nSPS) is 20.1. The summed E-state index contributed by atoms with van der Waals surface area (Å²) in [7, 11) is 2.14. The standard InChI is InChI=1S/C20H25N5O/c1-14-17(7-8-18(22-14)25-12-10-24(2)11-13-25)23-20(26)16-6-5-15-4-3-9-21-19(15)16/h3-4,7-9,16H,5-6,10-13H2,1-2H3,(H,23,26). The number of aryl methyl sites for hydroxylation is 2. The Morgan fingerprint density at radius 1 is 1.19 bits per heavy atom. The largest absolute Gasteiger partial charge is 0.354 e. The van der Waals surface area contributed by atoms with E-state index >= 15 is 0 Å². The zero-order chi connectivity index (χ0) is 18.1. The molecule has 26 heavy (non-hydrogen) atoms. The average molecular weight is 351 g/mol. The van der Waals surface area contributed by atoms with E-state index in [0.717, 1.165) is 61.9 Å². The Bertz CT molecular complexity index is 814. The van der Waals surface area contributed by atoms with Crippen LogP contribution in [0.5, 0.6) is 0 Å². The predicted octanol–water partition coefficient (Wildman–Crippen LogP) is 2.21. The SMILES string of the molecule is Cc1nc(N2CCN(C)CC2)ccc1NC(=O)C1CCc2cccnc21. The van der Waals surface area contributed by atoms with Crippen LogP contribution in [0, 0.1) is 6.92 Å². The molecule has 0 spiro atoms. The first-order valence-corrected chi connectivity index (χ1v) is 9.27. The fourth-order valence-corrected chi connectivity index (χ4v) is 3.78. The van der Waals surface area contributed by atoms with E-state index in [2.05, 4.69) is 33.2 Å². The highest BCUT2D eigenvalue weighted by Gasteiger charge is 2.30. The van der Waals surface area contributed by atoms with E-state index in [1.807, 2.05) is 25.1 Å². The quantitative estimate of drug-likeness (QED) is 0.919. The Morgan fingerprint density at radius 3 is 2.77 bits per heavy atom. The molecule has 0 radical (unpaired) electrons. The third-order valence-electron chi connectivity index (χ3n) is 5.43. The second-order valence-corrected chi connectivity index (χ2v) is 7.22. The van der Waals surface area contributed by atoms with Crippen molar-refractivity contribution in [3.8, 4) is 0 Å². The minimum atomic E-state index is -0.164. The number of rotatable bonds is 3. The highest BCUT2D eigenvalue weighted by atomic mass is 16.1. The molecular formula is C20H25N5O. The van der Waals surface area contributed by atoms with Crippen LogP contribution in [-0.4, -0.2) is 54.0 Å². The van der Waals surface area contributed by atoms with Gasteiger partial charge in [-0.3, -0.25) is 9.78 Å². The number of pyridine rings is 2. The van der Waals surface area contributed by atoms with Crippen molar-refractivity contribution in [2.24, 2.45) is 0 Å². The number of anilines is 2. The molecule has 1 amide bonds. The van der Waals surface area contributed by atoms with Crippen molar-refractivity contribution in [3.63, 3.8) is 0 Å². The van der Waals surface area contributed by atoms with Gasteiger partial charge in [0, 0.05) is 32.4 Å². The van der Waals surface area contributed by atoms with Crippen molar-refractivity contribution < 1.29 is 4.79 Å². The molecule has 1 atom stereocenters. The number of likely N-dealkylation sites (N-methyl/N-ethyl adjacent to an activating group) is 1. The molecule has 1 aliphatic heterocycles. The molecule has 1 fully saturated rings. The number of nitrogens with one attached hydrogen (secondary N) is 1. The maximum Gasteiger partial charge on any atom is 0.233 e. The van der Waals surface area contributed by atoms with Gasteiger partial charge in [0.1, 0.15) is 5.82 Å². The van der Waals surface area contributed by atoms with Gasteiger partial charge in [0.25, 0.3) is 0 Å². The molecule has 1 N–H and O–H groups in total. The van der Waals surface area contributed by atoms with Crippen LogP contribution in [-0.2, 0) is 11.2 Å². The van der Waals surface area contributed by atoms with Crippen LogP contribution in [0.15, 0.2) is 30.5 Å². The van der Waals surface area contributed by atoms with E-state index in [9.17, 15) is 4.79 Å². The predicted molar refractivity (Wildman–Crippen MR) is 103 cm³/mol. The Kier molecular flexibility index (Phi) is 4.59. The van der Waals surface area contributed by atoms with Gasteiger partial charge >= 0.3 is 0 Å². The van der Waals surface area contributed by atoms with Crippen molar-refractivity contribution in [1.29, 1.82) is 0 Å². The van der Waals surface area contributed by atoms with Crippen LogP contribution in [0.25, 0.3) is 0 Å². The lowest BCUT2D eigenvalue weighted by Gasteiger charge is -2.33. The molecule has 0 saturated carbocycles. The zero-order valence-electron chi connectivity index (χ0n) is 15.4. The Labute approximate surface area is 154 Å². The van der Waals surface area contributed by atoms with Crippen molar-refractivity contribution in [2.45, 2.75) is 25.7 Å². The second kappa shape index (κ2) is 7.03. The molecule has 136 valence electrons. The number of hydrogen-bond donors (Lipinski definition) is 1. The first-order chi connectivity index (χ1) is 12.6. The number of carbonyl (C=O) groups is 1. The van der Waals surface area contributed by atoms with Crippen molar-refractivity contribution in [1.82, 2.24) is 14.9 Å². The van der Waals surface area contributed by atoms with Gasteiger partial charge in [-0.1, -0.05) is 6.07 Å². The number of carbonyl (C=O) groups excluding carboxylic acids is 1. The molecule has 3 heterocycles. The fourth-order valence-electron chi connectivity index (χ4n) is 3.78. The topological polar surface area (TPSA) is 61.4 Å². The molecule has 6 nitrogen and oxygen atoms in total. The third kappa shape index (κ3) is 3.29. The van der Waals surface area contributed by atoms with E-state index in [4.69, 9.17) is 4.98 Å². The van der Waals surface area contributed by atoms with Gasteiger partial charge in [-0.25, -0.2) is 4.98 Å². The lowest BCUT2D eigenvalue weighted by Crippen LogP contribution is -2.44. The first kappa shape index (κ1) is 17.0. The minimum Gasteiger partial charge on any atom is -0.354 e. The summed E-state index contributed by atoms with van der Waals surface area (Å²) < 4.78 is 0. The van der Waals surface area contributed by atoms with Crippen molar-refractivity contribution in [2.75, 3.05) is 43.4 Å². The van der Waals surface area contributed by atoms with Crippen LogP contribution in [0.1, 0.15) is 29.3 Å². The van der Waals surface area contributed by atoms with Crippen LogP contribution in [0.2, 0.25) is 0 Å². The number of aromatic nitrogens is 2. The number of hydrogen-bond acceptors (Lipinski definition) is 5. The number of nitrogens with zero attached hydrogens (tertiary/aromatic N) is 4. The first-order valence-electron chi connectivity index (χ1n) is 9.27. The van der Waals surface area contributed by atoms with Gasteiger partial charge in [-0.2, -0.15) is 0 Å². The van der Waals surface area contributed by atoms with E-state index in [0.29, 0.717) is 0 Å². The Hall–Kier alpha value is -2.47. The van der Waals surface area contributed by atoms with Crippen LogP contribution in [0.3, 0.4) is 0 Å². The van der Waals surface area contributed by atoms with E-state index in [1.165, 1.54) is 5.56 Å². The molecule has 6 heteroatoms. The van der Waals surface area contributed by atoms with Gasteiger partial charge in [-0.15, -0.1) is 0 Å². The van der Waals surface area contributed by atoms with Gasteiger partial charge in [0.05, 0.1) is 23.0 Å². The van der Waals surface area contributed by atoms with E-state index in [1.54, 1.807) is 6.20 Å². The third-order valence-corrected chi connectivity index (χ3v) is 5.43. The van der Waals surface area contributed by atoms with Gasteiger partial charge in [-0.05, 0) is 50.6 Å². The summed E-state index contributed by atoms with van der Waals surface area (Å²) in [4.78, 5) is 26.5. The summed E-state index contributed by atoms with van der Waals surface area (Å²) in [6.07, 6.45) is 3.51. The highest BCUT2D eigenvalue weighted by molar-refractivity contribution is 5.96. The summed E-state index contributed by atoms with van der Waals surface area (Å²) in [5, 5.41) is 3.06. The molecule has 0 aromatic carbocycles. The summed E-state index contributed by atoms with van der Waals surface area (Å²) in [5.74, 6) is 0.837.